The summed E-state index contributed by atoms with van der Waals surface area (Å²) in [6.07, 6.45) is 0.839. The van der Waals surface area contributed by atoms with Gasteiger partial charge in [0.25, 0.3) is 11.6 Å². The Morgan fingerprint density at radius 1 is 1.09 bits per heavy atom. The van der Waals surface area contributed by atoms with E-state index >= 15 is 0 Å². The number of carbonyl (C=O) groups excluding carboxylic acids is 2. The second kappa shape index (κ2) is 9.86. The standard InChI is InChI=1S/C23H24N4O5/c1-15-21(12-13-22(28)32-3)16(2)26(25-15)19-10-6-18(7-11-19)23(29)24-14-17-4-8-20(9-5-17)27(30)31/h4-11H,12-14H2,1-3H3,(H,24,29). The van der Waals surface area contributed by atoms with Gasteiger partial charge in [0.05, 0.1) is 23.4 Å². The number of amides is 1. The maximum atomic E-state index is 12.5. The Labute approximate surface area is 185 Å². The van der Waals surface area contributed by atoms with Crippen LogP contribution in [0.2, 0.25) is 0 Å². The van der Waals surface area contributed by atoms with Crippen molar-refractivity contribution in [1.29, 1.82) is 0 Å². The molecule has 3 aromatic rings. The number of nitrogens with zero attached hydrogens (tertiary/aromatic N) is 3. The first kappa shape index (κ1) is 22.7. The number of nitro benzene ring substituents is 1. The Morgan fingerprint density at radius 2 is 1.75 bits per heavy atom. The number of benzene rings is 2. The van der Waals surface area contributed by atoms with Crippen LogP contribution in [0.1, 0.15) is 39.3 Å². The molecule has 0 aliphatic carbocycles. The summed E-state index contributed by atoms with van der Waals surface area (Å²) in [4.78, 5) is 34.2. The minimum Gasteiger partial charge on any atom is -0.469 e. The molecule has 0 aliphatic heterocycles. The lowest BCUT2D eigenvalue weighted by atomic mass is 10.1. The number of methoxy groups -OCH3 is 1. The molecule has 1 N–H and O–H groups in total. The van der Waals surface area contributed by atoms with E-state index in [0.717, 1.165) is 28.2 Å². The number of aromatic nitrogens is 2. The number of hydrogen-bond acceptors (Lipinski definition) is 6. The predicted octanol–water partition coefficient (Wildman–Crippen LogP) is 3.43. The number of nitro groups is 1. The molecule has 0 aliphatic rings. The summed E-state index contributed by atoms with van der Waals surface area (Å²) in [6.45, 7) is 4.10. The lowest BCUT2D eigenvalue weighted by molar-refractivity contribution is -0.384. The van der Waals surface area contributed by atoms with Crippen molar-refractivity contribution in [2.75, 3.05) is 7.11 Å². The number of hydrogen-bond donors (Lipinski definition) is 1. The maximum Gasteiger partial charge on any atom is 0.305 e. The molecular weight excluding hydrogens is 412 g/mol. The summed E-state index contributed by atoms with van der Waals surface area (Å²) >= 11 is 0. The summed E-state index contributed by atoms with van der Waals surface area (Å²) in [5.74, 6) is -0.511. The zero-order chi connectivity index (χ0) is 23.3. The van der Waals surface area contributed by atoms with E-state index in [9.17, 15) is 19.7 Å². The molecule has 1 aromatic heterocycles. The van der Waals surface area contributed by atoms with Crippen LogP contribution in [0, 0.1) is 24.0 Å². The maximum absolute atomic E-state index is 12.5. The van der Waals surface area contributed by atoms with Crippen LogP contribution in [0.3, 0.4) is 0 Å². The normalized spacial score (nSPS) is 10.6. The third-order valence-corrected chi connectivity index (χ3v) is 5.22. The fourth-order valence-electron chi connectivity index (χ4n) is 3.39. The van der Waals surface area contributed by atoms with Crippen molar-refractivity contribution in [2.24, 2.45) is 0 Å². The molecule has 32 heavy (non-hydrogen) atoms. The van der Waals surface area contributed by atoms with Gasteiger partial charge in [-0.05, 0) is 55.7 Å². The molecule has 9 nitrogen and oxygen atoms in total. The molecule has 0 atom stereocenters. The number of rotatable bonds is 8. The summed E-state index contributed by atoms with van der Waals surface area (Å²) < 4.78 is 6.50. The molecule has 0 bridgehead atoms. The van der Waals surface area contributed by atoms with Gasteiger partial charge in [-0.2, -0.15) is 5.10 Å². The van der Waals surface area contributed by atoms with E-state index in [1.807, 2.05) is 26.0 Å². The molecule has 1 heterocycles. The van der Waals surface area contributed by atoms with Gasteiger partial charge in [0.1, 0.15) is 0 Å². The highest BCUT2D eigenvalue weighted by Crippen LogP contribution is 2.20. The fourth-order valence-corrected chi connectivity index (χ4v) is 3.39. The number of aryl methyl sites for hydroxylation is 1. The third kappa shape index (κ3) is 5.18. The highest BCUT2D eigenvalue weighted by Gasteiger charge is 2.15. The molecular formula is C23H24N4O5. The van der Waals surface area contributed by atoms with Gasteiger partial charge in [-0.15, -0.1) is 0 Å². The van der Waals surface area contributed by atoms with E-state index in [0.29, 0.717) is 12.0 Å². The van der Waals surface area contributed by atoms with Crippen molar-refractivity contribution in [3.8, 4) is 5.69 Å². The van der Waals surface area contributed by atoms with E-state index in [1.165, 1.54) is 19.2 Å². The Bertz CT molecular complexity index is 1130. The van der Waals surface area contributed by atoms with Crippen LogP contribution in [-0.4, -0.2) is 33.7 Å². The van der Waals surface area contributed by atoms with Crippen LogP contribution >= 0.6 is 0 Å². The number of non-ortho nitro benzene ring substituents is 1. The molecule has 3 rings (SSSR count). The van der Waals surface area contributed by atoms with Crippen molar-refractivity contribution in [3.05, 3.63) is 86.7 Å². The fraction of sp³-hybridized carbons (Fsp3) is 0.261. The smallest absolute Gasteiger partial charge is 0.305 e. The Morgan fingerprint density at radius 3 is 2.34 bits per heavy atom. The van der Waals surface area contributed by atoms with Crippen molar-refractivity contribution >= 4 is 17.6 Å². The van der Waals surface area contributed by atoms with Crippen LogP contribution in [0.4, 0.5) is 5.69 Å². The SMILES string of the molecule is COC(=O)CCc1c(C)nn(-c2ccc(C(=O)NCc3ccc([N+](=O)[O-])cc3)cc2)c1C. The quantitative estimate of drug-likeness (QED) is 0.328. The Kier molecular flexibility index (Phi) is 6.99. The first-order chi connectivity index (χ1) is 15.3. The first-order valence-corrected chi connectivity index (χ1v) is 10.0. The van der Waals surface area contributed by atoms with Gasteiger partial charge in [0.2, 0.25) is 0 Å². The minimum atomic E-state index is -0.463. The molecule has 2 aromatic carbocycles. The predicted molar refractivity (Wildman–Crippen MR) is 118 cm³/mol. The van der Waals surface area contributed by atoms with Crippen LogP contribution in [0.15, 0.2) is 48.5 Å². The van der Waals surface area contributed by atoms with E-state index in [4.69, 9.17) is 4.74 Å². The average Bonchev–Trinajstić information content (AvgIpc) is 3.09. The lowest BCUT2D eigenvalue weighted by Gasteiger charge is -2.08. The molecule has 0 saturated carbocycles. The molecule has 9 heteroatoms. The topological polar surface area (TPSA) is 116 Å². The van der Waals surface area contributed by atoms with E-state index < -0.39 is 4.92 Å². The zero-order valence-electron chi connectivity index (χ0n) is 18.1. The minimum absolute atomic E-state index is 0.00766. The van der Waals surface area contributed by atoms with E-state index in [-0.39, 0.29) is 30.5 Å². The van der Waals surface area contributed by atoms with Gasteiger partial charge in [0.15, 0.2) is 0 Å². The second-order valence-electron chi connectivity index (χ2n) is 7.29. The van der Waals surface area contributed by atoms with E-state index in [2.05, 4.69) is 10.4 Å². The van der Waals surface area contributed by atoms with Crippen molar-refractivity contribution < 1.29 is 19.2 Å². The molecule has 0 fully saturated rings. The first-order valence-electron chi connectivity index (χ1n) is 10.0. The lowest BCUT2D eigenvalue weighted by Crippen LogP contribution is -2.22. The van der Waals surface area contributed by atoms with Crippen LogP contribution in [0.5, 0.6) is 0 Å². The van der Waals surface area contributed by atoms with Gasteiger partial charge in [-0.3, -0.25) is 19.7 Å². The monoisotopic (exact) mass is 436 g/mol. The molecule has 1 amide bonds. The Balaban J connectivity index is 1.66. The second-order valence-corrected chi connectivity index (χ2v) is 7.29. The summed E-state index contributed by atoms with van der Waals surface area (Å²) in [5.41, 5.74) is 4.85. The van der Waals surface area contributed by atoms with Gasteiger partial charge in [0, 0.05) is 36.4 Å². The molecule has 0 radical (unpaired) electrons. The van der Waals surface area contributed by atoms with Gasteiger partial charge in [-0.1, -0.05) is 12.1 Å². The van der Waals surface area contributed by atoms with E-state index in [1.54, 1.807) is 28.9 Å². The molecule has 166 valence electrons. The van der Waals surface area contributed by atoms with Crippen LogP contribution < -0.4 is 5.32 Å². The summed E-state index contributed by atoms with van der Waals surface area (Å²) in [5, 5.41) is 18.1. The van der Waals surface area contributed by atoms with Crippen molar-refractivity contribution in [1.82, 2.24) is 15.1 Å². The van der Waals surface area contributed by atoms with Gasteiger partial charge in [-0.25, -0.2) is 4.68 Å². The van der Waals surface area contributed by atoms with Crippen molar-refractivity contribution in [2.45, 2.75) is 33.2 Å². The van der Waals surface area contributed by atoms with Gasteiger partial charge >= 0.3 is 5.97 Å². The number of ether oxygens (including phenoxy) is 1. The largest absolute Gasteiger partial charge is 0.469 e. The molecule has 0 spiro atoms. The third-order valence-electron chi connectivity index (χ3n) is 5.22. The number of nitrogens with one attached hydrogen (secondary N) is 1. The average molecular weight is 436 g/mol. The van der Waals surface area contributed by atoms with Crippen molar-refractivity contribution in [3.63, 3.8) is 0 Å². The zero-order valence-corrected chi connectivity index (χ0v) is 18.1. The molecule has 0 saturated heterocycles. The summed E-state index contributed by atoms with van der Waals surface area (Å²) in [6, 6.07) is 13.1. The number of esters is 1. The summed E-state index contributed by atoms with van der Waals surface area (Å²) in [7, 11) is 1.37. The van der Waals surface area contributed by atoms with Gasteiger partial charge < -0.3 is 10.1 Å². The highest BCUT2D eigenvalue weighted by molar-refractivity contribution is 5.94. The number of carbonyl (C=O) groups is 2. The Hall–Kier alpha value is -4.01. The van der Waals surface area contributed by atoms with Crippen LogP contribution in [-0.2, 0) is 22.5 Å². The highest BCUT2D eigenvalue weighted by atomic mass is 16.6. The van der Waals surface area contributed by atoms with Crippen LogP contribution in [0.25, 0.3) is 5.69 Å². The molecule has 0 unspecified atom stereocenters.